The van der Waals surface area contributed by atoms with Crippen LogP contribution in [0.25, 0.3) is 0 Å². The molecule has 1 aliphatic carbocycles. The van der Waals surface area contributed by atoms with Crippen LogP contribution in [0.5, 0.6) is 0 Å². The maximum atomic E-state index is 5.94. The molecule has 5 rings (SSSR count). The number of rotatable bonds is 20. The Bertz CT molecular complexity index is 1400. The fourth-order valence-corrected chi connectivity index (χ4v) is 8.04. The van der Waals surface area contributed by atoms with Crippen molar-refractivity contribution in [1.82, 2.24) is 19.9 Å². The topological polar surface area (TPSA) is 128 Å². The van der Waals surface area contributed by atoms with Gasteiger partial charge in [0.05, 0.1) is 11.4 Å². The van der Waals surface area contributed by atoms with Gasteiger partial charge in [0, 0.05) is 61.4 Å². The minimum atomic E-state index is 0.118. The maximum Gasteiger partial charge on any atom is 0.223 e. The maximum absolute atomic E-state index is 5.94. The molecule has 8 nitrogen and oxygen atoms in total. The van der Waals surface area contributed by atoms with Crippen molar-refractivity contribution in [2.75, 3.05) is 48.3 Å². The second-order valence-electron chi connectivity index (χ2n) is 12.4. The summed E-state index contributed by atoms with van der Waals surface area (Å²) in [6.45, 7) is 7.36. The van der Waals surface area contributed by atoms with E-state index in [-0.39, 0.29) is 23.7 Å². The number of thioether (sulfide) groups is 2. The Balaban J connectivity index is 1.62. The second-order valence-corrected chi connectivity index (χ2v) is 14.6. The van der Waals surface area contributed by atoms with Crippen molar-refractivity contribution in [1.29, 1.82) is 0 Å². The summed E-state index contributed by atoms with van der Waals surface area (Å²) in [5.74, 6) is 3.56. The zero-order valence-corrected chi connectivity index (χ0v) is 30.1. The molecule has 1 saturated carbocycles. The zero-order chi connectivity index (χ0) is 33.6. The summed E-state index contributed by atoms with van der Waals surface area (Å²) in [4.78, 5) is 20.3. The third-order valence-corrected chi connectivity index (χ3v) is 10.8. The minimum absolute atomic E-state index is 0.118. The summed E-state index contributed by atoms with van der Waals surface area (Å²) in [5.41, 5.74) is 16.6. The average molecular weight is 685 g/mol. The fourth-order valence-electron chi connectivity index (χ4n) is 6.67. The van der Waals surface area contributed by atoms with Crippen molar-refractivity contribution in [3.63, 3.8) is 0 Å². The quantitative estimate of drug-likeness (QED) is 0.0413. The van der Waals surface area contributed by atoms with Crippen molar-refractivity contribution in [2.24, 2.45) is 11.5 Å². The lowest BCUT2D eigenvalue weighted by molar-refractivity contribution is 0.219. The van der Waals surface area contributed by atoms with E-state index in [2.05, 4.69) is 97.3 Å². The number of nitrogens with one attached hydrogen (secondary N) is 2. The van der Waals surface area contributed by atoms with Crippen LogP contribution in [0.15, 0.2) is 82.8 Å². The molecule has 6 N–H and O–H groups in total. The Kier molecular flexibility index (Phi) is 14.4. The van der Waals surface area contributed by atoms with Crippen molar-refractivity contribution < 1.29 is 0 Å². The highest BCUT2D eigenvalue weighted by Gasteiger charge is 2.54. The van der Waals surface area contributed by atoms with Crippen LogP contribution in [0.1, 0.15) is 98.6 Å². The Morgan fingerprint density at radius 3 is 1.35 bits per heavy atom. The number of nitrogens with zero attached hydrogens (tertiary/aromatic N) is 4. The lowest BCUT2D eigenvalue weighted by Gasteiger charge is -2.52. The second kappa shape index (κ2) is 19.1. The Hall–Kier alpha value is -3.18. The Morgan fingerprint density at radius 2 is 0.979 bits per heavy atom. The summed E-state index contributed by atoms with van der Waals surface area (Å²) in [5, 5.41) is 9.02. The number of nitrogens with two attached hydrogens (primary N) is 2. The van der Waals surface area contributed by atoms with Gasteiger partial charge in [0.2, 0.25) is 11.9 Å². The van der Waals surface area contributed by atoms with Gasteiger partial charge >= 0.3 is 0 Å². The smallest absolute Gasteiger partial charge is 0.223 e. The highest BCUT2D eigenvalue weighted by Crippen LogP contribution is 2.66. The summed E-state index contributed by atoms with van der Waals surface area (Å²) < 4.78 is 0. The van der Waals surface area contributed by atoms with Crippen LogP contribution >= 0.6 is 23.5 Å². The molecule has 1 aliphatic rings. The lowest BCUT2D eigenvalue weighted by Crippen LogP contribution is -2.41. The molecule has 4 aromatic rings. The molecule has 0 bridgehead atoms. The molecule has 256 valence electrons. The van der Waals surface area contributed by atoms with Crippen molar-refractivity contribution >= 4 is 35.4 Å². The molecular weight excluding hydrogens is 633 g/mol. The van der Waals surface area contributed by atoms with E-state index in [0.29, 0.717) is 25.0 Å². The van der Waals surface area contributed by atoms with Crippen molar-refractivity contribution in [2.45, 2.75) is 86.1 Å². The van der Waals surface area contributed by atoms with Gasteiger partial charge in [0.15, 0.2) is 0 Å². The van der Waals surface area contributed by atoms with Gasteiger partial charge in [-0.2, -0.15) is 0 Å². The first-order chi connectivity index (χ1) is 23.7. The van der Waals surface area contributed by atoms with Crippen molar-refractivity contribution in [3.8, 4) is 0 Å². The van der Waals surface area contributed by atoms with Gasteiger partial charge in [0.1, 0.15) is 10.1 Å². The van der Waals surface area contributed by atoms with Gasteiger partial charge in [-0.25, -0.2) is 19.9 Å². The van der Waals surface area contributed by atoms with E-state index in [4.69, 9.17) is 31.4 Å². The molecule has 0 atom stereocenters. The summed E-state index contributed by atoms with van der Waals surface area (Å²) >= 11 is 3.40. The molecule has 0 saturated heterocycles. The normalized spacial score (nSPS) is 18.8. The largest absolute Gasteiger partial charge is 0.354 e. The first-order valence-electron chi connectivity index (χ1n) is 17.7. The predicted molar refractivity (Wildman–Crippen MR) is 203 cm³/mol. The molecule has 48 heavy (non-hydrogen) atoms. The molecule has 10 heteroatoms. The van der Waals surface area contributed by atoms with Gasteiger partial charge in [-0.15, -0.1) is 23.5 Å². The van der Waals surface area contributed by atoms with Gasteiger partial charge in [0.25, 0.3) is 0 Å². The molecule has 0 radical (unpaired) electrons. The lowest BCUT2D eigenvalue weighted by atomic mass is 9.50. The van der Waals surface area contributed by atoms with E-state index < -0.39 is 0 Å². The first-order valence-corrected chi connectivity index (χ1v) is 19.6. The van der Waals surface area contributed by atoms with Gasteiger partial charge < -0.3 is 22.1 Å². The molecule has 1 fully saturated rings. The van der Waals surface area contributed by atoms with E-state index in [1.807, 2.05) is 0 Å². The van der Waals surface area contributed by atoms with E-state index in [1.165, 1.54) is 36.8 Å². The Morgan fingerprint density at radius 1 is 0.562 bits per heavy atom. The standard InChI is InChI=1S/C38H52N8S2/c1-3-5-13-21-41-37-43-29(25-31(45-37)47-23-19-39)35-33(27-15-9-7-10-16-27)36(34(35)28-17-11-8-12-18-28)30-26-32(48-24-20-40)46-38(44-30)42-22-14-6-4-2/h7-12,15-18,25-26,33-36H,3-6,13-14,19-24,39-40H2,1-2H3,(H,41,43,45)(H,42,44,46). The number of benzene rings is 2. The third-order valence-electron chi connectivity index (χ3n) is 8.91. The summed E-state index contributed by atoms with van der Waals surface area (Å²) in [6.07, 6.45) is 6.88. The highest BCUT2D eigenvalue weighted by molar-refractivity contribution is 7.99. The fraction of sp³-hybridized carbons (Fsp3) is 0.474. The number of hydrogen-bond donors (Lipinski definition) is 4. The van der Waals surface area contributed by atoms with E-state index in [1.54, 1.807) is 23.5 Å². The highest BCUT2D eigenvalue weighted by atomic mass is 32.2. The molecule has 0 aliphatic heterocycles. The Labute approximate surface area is 295 Å². The van der Waals surface area contributed by atoms with Crippen LogP contribution in [-0.4, -0.2) is 57.6 Å². The third kappa shape index (κ3) is 9.49. The predicted octanol–water partition coefficient (Wildman–Crippen LogP) is 8.02. The van der Waals surface area contributed by atoms with Gasteiger partial charge in [-0.05, 0) is 36.1 Å². The molecule has 0 amide bonds. The number of hydrogen-bond acceptors (Lipinski definition) is 10. The monoisotopic (exact) mass is 684 g/mol. The molecule has 0 unspecified atom stereocenters. The van der Waals surface area contributed by atoms with Gasteiger partial charge in [-0.1, -0.05) is 100 Å². The van der Waals surface area contributed by atoms with Crippen LogP contribution < -0.4 is 22.1 Å². The van der Waals surface area contributed by atoms with Gasteiger partial charge in [-0.3, -0.25) is 0 Å². The molecule has 2 aromatic carbocycles. The first kappa shape index (κ1) is 36.1. The van der Waals surface area contributed by atoms with Crippen molar-refractivity contribution in [3.05, 3.63) is 95.3 Å². The number of aromatic nitrogens is 4. The molecule has 2 heterocycles. The van der Waals surface area contributed by atoms with E-state index in [0.717, 1.165) is 58.9 Å². The van der Waals surface area contributed by atoms with E-state index >= 15 is 0 Å². The van der Waals surface area contributed by atoms with Crippen LogP contribution in [0.4, 0.5) is 11.9 Å². The number of unbranched alkanes of at least 4 members (excludes halogenated alkanes) is 4. The van der Waals surface area contributed by atoms with Crippen LogP contribution in [0.3, 0.4) is 0 Å². The zero-order valence-electron chi connectivity index (χ0n) is 28.5. The summed E-state index contributed by atoms with van der Waals surface area (Å²) in [6, 6.07) is 26.2. The van der Waals surface area contributed by atoms with Crippen LogP contribution in [0, 0.1) is 0 Å². The SMILES string of the molecule is CCCCCNc1nc(SCCN)cc(C2C(c3ccccc3)C(c3cc(SCCN)nc(NCCCCC)n3)C2c2ccccc2)n1. The van der Waals surface area contributed by atoms with E-state index in [9.17, 15) is 0 Å². The minimum Gasteiger partial charge on any atom is -0.354 e. The number of anilines is 2. The van der Waals surface area contributed by atoms with Crippen LogP contribution in [-0.2, 0) is 0 Å². The molecule has 0 spiro atoms. The van der Waals surface area contributed by atoms with Crippen LogP contribution in [0.2, 0.25) is 0 Å². The average Bonchev–Trinajstić information content (AvgIpc) is 3.11. The molecular formula is C38H52N8S2. The summed E-state index contributed by atoms with van der Waals surface area (Å²) in [7, 11) is 0. The molecule has 2 aromatic heterocycles.